The van der Waals surface area contributed by atoms with E-state index in [1.54, 1.807) is 11.8 Å². The van der Waals surface area contributed by atoms with Gasteiger partial charge in [-0.3, -0.25) is 0 Å². The SMILES string of the molecule is C[N+](C)(C)C/C=C/Sc1ccccc1. The van der Waals surface area contributed by atoms with Crippen molar-refractivity contribution < 1.29 is 4.48 Å². The normalized spacial score (nSPS) is 12.2. The van der Waals surface area contributed by atoms with E-state index in [4.69, 9.17) is 0 Å². The van der Waals surface area contributed by atoms with E-state index in [2.05, 4.69) is 56.9 Å². The highest BCUT2D eigenvalue weighted by atomic mass is 32.2. The van der Waals surface area contributed by atoms with E-state index in [9.17, 15) is 0 Å². The molecule has 1 aromatic rings. The molecule has 0 fully saturated rings. The maximum absolute atomic E-state index is 2.22. The van der Waals surface area contributed by atoms with Crippen LogP contribution in [-0.4, -0.2) is 32.2 Å². The van der Waals surface area contributed by atoms with Gasteiger partial charge in [-0.25, -0.2) is 0 Å². The van der Waals surface area contributed by atoms with Crippen LogP contribution in [0.3, 0.4) is 0 Å². The first kappa shape index (κ1) is 11.3. The van der Waals surface area contributed by atoms with Crippen LogP contribution >= 0.6 is 11.8 Å². The van der Waals surface area contributed by atoms with Crippen LogP contribution in [0.4, 0.5) is 0 Å². The van der Waals surface area contributed by atoms with Crippen molar-refractivity contribution in [2.24, 2.45) is 0 Å². The Hall–Kier alpha value is -0.730. The highest BCUT2D eigenvalue weighted by Crippen LogP contribution is 2.17. The largest absolute Gasteiger partial charge is 0.328 e. The van der Waals surface area contributed by atoms with Crippen LogP contribution in [0.2, 0.25) is 0 Å². The zero-order valence-corrected chi connectivity index (χ0v) is 9.92. The van der Waals surface area contributed by atoms with Gasteiger partial charge in [0.25, 0.3) is 0 Å². The van der Waals surface area contributed by atoms with E-state index >= 15 is 0 Å². The second-order valence-corrected chi connectivity index (χ2v) is 5.25. The summed E-state index contributed by atoms with van der Waals surface area (Å²) < 4.78 is 0.978. The second-order valence-electron chi connectivity index (χ2n) is 4.28. The van der Waals surface area contributed by atoms with Crippen molar-refractivity contribution >= 4 is 11.8 Å². The van der Waals surface area contributed by atoms with Crippen molar-refractivity contribution in [2.75, 3.05) is 27.7 Å². The average Bonchev–Trinajstić information content (AvgIpc) is 2.13. The van der Waals surface area contributed by atoms with Gasteiger partial charge in [0.2, 0.25) is 0 Å². The number of rotatable bonds is 4. The van der Waals surface area contributed by atoms with E-state index in [0.717, 1.165) is 11.0 Å². The lowest BCUT2D eigenvalue weighted by Gasteiger charge is -2.21. The fraction of sp³-hybridized carbons (Fsp3) is 0.333. The van der Waals surface area contributed by atoms with Gasteiger partial charge < -0.3 is 4.48 Å². The Bertz CT molecular complexity index is 285. The molecule has 0 heterocycles. The predicted molar refractivity (Wildman–Crippen MR) is 64.3 cm³/mol. The molecule has 1 nitrogen and oxygen atoms in total. The molecule has 0 saturated carbocycles. The Morgan fingerprint density at radius 3 is 2.36 bits per heavy atom. The molecular weight excluding hydrogens is 190 g/mol. The maximum Gasteiger partial charge on any atom is 0.0975 e. The molecule has 0 N–H and O–H groups in total. The average molecular weight is 208 g/mol. The number of hydrogen-bond acceptors (Lipinski definition) is 1. The minimum atomic E-state index is 0.978. The fourth-order valence-electron chi connectivity index (χ4n) is 0.985. The molecular formula is C12H18NS+. The first-order chi connectivity index (χ1) is 6.58. The smallest absolute Gasteiger partial charge is 0.0975 e. The van der Waals surface area contributed by atoms with Gasteiger partial charge in [-0.15, -0.1) is 0 Å². The van der Waals surface area contributed by atoms with Crippen LogP contribution in [0.25, 0.3) is 0 Å². The Morgan fingerprint density at radius 1 is 1.14 bits per heavy atom. The molecule has 1 aromatic carbocycles. The highest BCUT2D eigenvalue weighted by molar-refractivity contribution is 8.02. The van der Waals surface area contributed by atoms with Gasteiger partial charge >= 0.3 is 0 Å². The Balaban J connectivity index is 2.35. The number of quaternary nitrogens is 1. The molecule has 2 heteroatoms. The summed E-state index contributed by atoms with van der Waals surface area (Å²) in [6.07, 6.45) is 2.22. The molecule has 0 aliphatic heterocycles. The van der Waals surface area contributed by atoms with E-state index in [0.29, 0.717) is 0 Å². The van der Waals surface area contributed by atoms with Gasteiger partial charge in [0.1, 0.15) is 0 Å². The summed E-state index contributed by atoms with van der Waals surface area (Å²) >= 11 is 1.77. The monoisotopic (exact) mass is 208 g/mol. The molecule has 14 heavy (non-hydrogen) atoms. The summed E-state index contributed by atoms with van der Waals surface area (Å²) in [6.45, 7) is 1.07. The minimum Gasteiger partial charge on any atom is -0.328 e. The minimum absolute atomic E-state index is 0.978. The topological polar surface area (TPSA) is 0 Å². The molecule has 0 spiro atoms. The van der Waals surface area contributed by atoms with Crippen LogP contribution in [0, 0.1) is 0 Å². The van der Waals surface area contributed by atoms with Crippen molar-refractivity contribution in [1.29, 1.82) is 0 Å². The van der Waals surface area contributed by atoms with Crippen molar-refractivity contribution in [3.63, 3.8) is 0 Å². The third-order valence-corrected chi connectivity index (χ3v) is 2.57. The Kier molecular flexibility index (Phi) is 4.23. The third kappa shape index (κ3) is 5.10. The lowest BCUT2D eigenvalue weighted by atomic mass is 10.4. The number of nitrogens with zero attached hydrogens (tertiary/aromatic N) is 1. The van der Waals surface area contributed by atoms with Crippen molar-refractivity contribution in [3.8, 4) is 0 Å². The van der Waals surface area contributed by atoms with Crippen LogP contribution < -0.4 is 0 Å². The van der Waals surface area contributed by atoms with E-state index in [1.807, 2.05) is 6.07 Å². The zero-order valence-electron chi connectivity index (χ0n) is 9.10. The molecule has 0 amide bonds. The Morgan fingerprint density at radius 2 is 1.79 bits per heavy atom. The quantitative estimate of drug-likeness (QED) is 0.541. The number of hydrogen-bond donors (Lipinski definition) is 0. The summed E-state index contributed by atoms with van der Waals surface area (Å²) in [7, 11) is 6.58. The van der Waals surface area contributed by atoms with Crippen LogP contribution in [0.5, 0.6) is 0 Å². The molecule has 0 radical (unpaired) electrons. The molecule has 0 aromatic heterocycles. The van der Waals surface area contributed by atoms with E-state index < -0.39 is 0 Å². The van der Waals surface area contributed by atoms with Crippen LogP contribution in [0.1, 0.15) is 0 Å². The maximum atomic E-state index is 2.22. The lowest BCUT2D eigenvalue weighted by Crippen LogP contribution is -2.34. The summed E-state index contributed by atoms with van der Waals surface area (Å²) in [4.78, 5) is 1.30. The summed E-state index contributed by atoms with van der Waals surface area (Å²) in [6, 6.07) is 10.4. The highest BCUT2D eigenvalue weighted by Gasteiger charge is 2.01. The molecule has 76 valence electrons. The second kappa shape index (κ2) is 5.23. The molecule has 0 aliphatic rings. The molecule has 1 rings (SSSR count). The Labute approximate surface area is 91.0 Å². The molecule has 0 bridgehead atoms. The first-order valence-corrected chi connectivity index (χ1v) is 5.63. The summed E-state index contributed by atoms with van der Waals surface area (Å²) in [5.41, 5.74) is 0. The third-order valence-electron chi connectivity index (χ3n) is 1.70. The molecule has 0 atom stereocenters. The van der Waals surface area contributed by atoms with E-state index in [1.165, 1.54) is 4.90 Å². The summed E-state index contributed by atoms with van der Waals surface area (Å²) in [5.74, 6) is 0. The predicted octanol–water partition coefficient (Wildman–Crippen LogP) is 3.00. The van der Waals surface area contributed by atoms with Crippen LogP contribution in [0.15, 0.2) is 46.7 Å². The van der Waals surface area contributed by atoms with Crippen molar-refractivity contribution in [1.82, 2.24) is 0 Å². The fourth-order valence-corrected chi connectivity index (χ4v) is 1.64. The first-order valence-electron chi connectivity index (χ1n) is 4.75. The zero-order chi connectivity index (χ0) is 10.4. The van der Waals surface area contributed by atoms with Gasteiger partial charge in [0.05, 0.1) is 27.7 Å². The van der Waals surface area contributed by atoms with Gasteiger partial charge in [0.15, 0.2) is 0 Å². The number of benzene rings is 1. The number of thioether (sulfide) groups is 1. The van der Waals surface area contributed by atoms with E-state index in [-0.39, 0.29) is 0 Å². The van der Waals surface area contributed by atoms with Gasteiger partial charge in [-0.05, 0) is 23.6 Å². The van der Waals surface area contributed by atoms with Gasteiger partial charge in [0, 0.05) is 4.90 Å². The molecule has 0 unspecified atom stereocenters. The lowest BCUT2D eigenvalue weighted by molar-refractivity contribution is -0.864. The summed E-state index contributed by atoms with van der Waals surface area (Å²) in [5, 5.41) is 2.17. The van der Waals surface area contributed by atoms with Crippen LogP contribution in [-0.2, 0) is 0 Å². The van der Waals surface area contributed by atoms with Crippen molar-refractivity contribution in [2.45, 2.75) is 4.90 Å². The standard InChI is InChI=1S/C12H18NS/c1-13(2,3)10-7-11-14-12-8-5-4-6-9-12/h4-9,11H,10H2,1-3H3/q+1/b11-7+. The van der Waals surface area contributed by atoms with Gasteiger partial charge in [-0.2, -0.15) is 0 Å². The molecule has 0 saturated heterocycles. The van der Waals surface area contributed by atoms with Gasteiger partial charge in [-0.1, -0.05) is 30.0 Å². The van der Waals surface area contributed by atoms with Crippen molar-refractivity contribution in [3.05, 3.63) is 41.8 Å². The number of likely N-dealkylation sites (N-methyl/N-ethyl adjacent to an activating group) is 1. The molecule has 0 aliphatic carbocycles.